The summed E-state index contributed by atoms with van der Waals surface area (Å²) in [6.45, 7) is 0.564. The van der Waals surface area contributed by atoms with Crippen molar-refractivity contribution in [3.63, 3.8) is 0 Å². The highest BCUT2D eigenvalue weighted by molar-refractivity contribution is 7.86. The summed E-state index contributed by atoms with van der Waals surface area (Å²) in [7, 11) is -15.5. The molecule has 4 rings (SSSR count). The van der Waals surface area contributed by atoms with Crippen LogP contribution in [0.1, 0.15) is 18.2 Å². The number of azo groups is 1. The molecule has 0 unspecified atom stereocenters. The predicted molar refractivity (Wildman–Crippen MR) is 157 cm³/mol. The SMILES string of the molecule is CC(=O)Nc1ccc(S(=O)(=O)O)c2cc(S(=O)(=O)O)c(N=Nc3cc(CNCc4nc(F)nc(F)c4Cl)ccc3S(=O)(=O)O)c(O)c12. The molecular weight excluding hydrogens is 718 g/mol. The highest BCUT2D eigenvalue weighted by Gasteiger charge is 2.28. The summed E-state index contributed by atoms with van der Waals surface area (Å²) in [5, 5.41) is 21.5. The molecule has 0 saturated carbocycles. The Balaban J connectivity index is 1.87. The summed E-state index contributed by atoms with van der Waals surface area (Å²) >= 11 is 5.73. The number of hydrogen-bond donors (Lipinski definition) is 6. The third-order valence-electron chi connectivity index (χ3n) is 6.07. The lowest BCUT2D eigenvalue weighted by Gasteiger charge is -2.15. The molecule has 3 aromatic carbocycles. The molecule has 6 N–H and O–H groups in total. The topological polar surface area (TPSA) is 275 Å². The average molecular weight is 737 g/mol. The number of aromatic nitrogens is 2. The number of carbonyl (C=O) groups is 1. The molecule has 1 heterocycles. The van der Waals surface area contributed by atoms with Gasteiger partial charge in [-0.15, -0.1) is 10.2 Å². The Morgan fingerprint density at radius 1 is 0.872 bits per heavy atom. The Labute approximate surface area is 268 Å². The van der Waals surface area contributed by atoms with Crippen molar-refractivity contribution in [3.05, 3.63) is 64.7 Å². The summed E-state index contributed by atoms with van der Waals surface area (Å²) in [6.07, 6.45) is -1.39. The molecule has 0 spiro atoms. The molecule has 0 fully saturated rings. The number of phenolic OH excluding ortho intramolecular Hbond substituents is 1. The number of nitrogens with zero attached hydrogens (tertiary/aromatic N) is 4. The maximum atomic E-state index is 13.6. The Morgan fingerprint density at radius 2 is 1.49 bits per heavy atom. The van der Waals surface area contributed by atoms with Crippen LogP contribution in [0.2, 0.25) is 5.02 Å². The van der Waals surface area contributed by atoms with Crippen LogP contribution in [-0.2, 0) is 48.2 Å². The fourth-order valence-electron chi connectivity index (χ4n) is 4.20. The van der Waals surface area contributed by atoms with E-state index < -0.39 is 95.9 Å². The van der Waals surface area contributed by atoms with E-state index in [0.29, 0.717) is 6.07 Å². The quantitative estimate of drug-likeness (QED) is 0.0587. The van der Waals surface area contributed by atoms with E-state index in [2.05, 4.69) is 30.8 Å². The molecule has 1 aromatic heterocycles. The number of phenols is 1. The molecule has 23 heteroatoms. The van der Waals surface area contributed by atoms with E-state index in [1.807, 2.05) is 0 Å². The number of carbonyl (C=O) groups excluding carboxylic acids is 1. The summed E-state index contributed by atoms with van der Waals surface area (Å²) < 4.78 is 129. The number of nitrogens with one attached hydrogen (secondary N) is 2. The second-order valence-electron chi connectivity index (χ2n) is 9.36. The number of fused-ring (bicyclic) bond motifs is 1. The number of amides is 1. The molecular formula is C24H19ClF2N6O11S3. The zero-order valence-corrected chi connectivity index (χ0v) is 26.4. The lowest BCUT2D eigenvalue weighted by molar-refractivity contribution is -0.114. The first-order chi connectivity index (χ1) is 21.7. The van der Waals surface area contributed by atoms with E-state index in [-0.39, 0.29) is 30.0 Å². The first kappa shape index (κ1) is 35.6. The van der Waals surface area contributed by atoms with E-state index in [1.54, 1.807) is 0 Å². The van der Waals surface area contributed by atoms with Gasteiger partial charge in [0, 0.05) is 25.4 Å². The Morgan fingerprint density at radius 3 is 2.09 bits per heavy atom. The van der Waals surface area contributed by atoms with E-state index in [4.69, 9.17) is 11.6 Å². The van der Waals surface area contributed by atoms with Gasteiger partial charge in [0.05, 0.1) is 16.8 Å². The predicted octanol–water partition coefficient (Wildman–Crippen LogP) is 3.67. The first-order valence-corrected chi connectivity index (χ1v) is 17.0. The maximum absolute atomic E-state index is 13.6. The number of benzene rings is 3. The number of aromatic hydroxyl groups is 1. The summed E-state index contributed by atoms with van der Waals surface area (Å²) in [5.41, 5.74) is -2.09. The molecule has 1 amide bonds. The van der Waals surface area contributed by atoms with Crippen LogP contribution in [0.4, 0.5) is 25.8 Å². The van der Waals surface area contributed by atoms with Gasteiger partial charge in [0.15, 0.2) is 5.75 Å². The molecule has 250 valence electrons. The van der Waals surface area contributed by atoms with Crippen molar-refractivity contribution in [1.82, 2.24) is 15.3 Å². The van der Waals surface area contributed by atoms with Gasteiger partial charge in [-0.2, -0.15) is 39.0 Å². The van der Waals surface area contributed by atoms with Gasteiger partial charge >= 0.3 is 6.08 Å². The van der Waals surface area contributed by atoms with Crippen LogP contribution in [-0.4, -0.2) is 59.9 Å². The Kier molecular flexibility index (Phi) is 9.89. The summed E-state index contributed by atoms with van der Waals surface area (Å²) in [4.78, 5) is 14.9. The van der Waals surface area contributed by atoms with Crippen molar-refractivity contribution in [2.24, 2.45) is 10.2 Å². The monoisotopic (exact) mass is 736 g/mol. The fraction of sp³-hybridized carbons (Fsp3) is 0.125. The number of anilines is 1. The summed E-state index contributed by atoms with van der Waals surface area (Å²) in [6, 6.07) is 5.31. The third kappa shape index (κ3) is 7.99. The molecule has 17 nitrogen and oxygen atoms in total. The van der Waals surface area contributed by atoms with Crippen LogP contribution in [0, 0.1) is 12.0 Å². The van der Waals surface area contributed by atoms with Crippen molar-refractivity contribution < 1.29 is 57.6 Å². The van der Waals surface area contributed by atoms with E-state index in [1.165, 1.54) is 6.07 Å². The fourth-order valence-corrected chi connectivity index (χ4v) is 6.28. The van der Waals surface area contributed by atoms with Gasteiger partial charge in [-0.25, -0.2) is 4.98 Å². The van der Waals surface area contributed by atoms with Crippen LogP contribution in [0.25, 0.3) is 10.8 Å². The smallest absolute Gasteiger partial charge is 0.311 e. The van der Waals surface area contributed by atoms with Crippen LogP contribution in [0.5, 0.6) is 5.75 Å². The number of halogens is 3. The molecule has 47 heavy (non-hydrogen) atoms. The number of hydrogen-bond acceptors (Lipinski definition) is 13. The summed E-state index contributed by atoms with van der Waals surface area (Å²) in [5.74, 6) is -3.23. The normalized spacial score (nSPS) is 12.6. The molecule has 0 bridgehead atoms. The third-order valence-corrected chi connectivity index (χ3v) is 9.13. The van der Waals surface area contributed by atoms with Gasteiger partial charge in [0.2, 0.25) is 11.9 Å². The minimum Gasteiger partial charge on any atom is -0.505 e. The van der Waals surface area contributed by atoms with Gasteiger partial charge in [0.25, 0.3) is 30.4 Å². The minimum absolute atomic E-state index is 0.173. The van der Waals surface area contributed by atoms with Gasteiger partial charge in [-0.1, -0.05) is 17.7 Å². The highest BCUT2D eigenvalue weighted by Crippen LogP contribution is 2.46. The molecule has 0 aliphatic carbocycles. The van der Waals surface area contributed by atoms with E-state index in [9.17, 15) is 57.6 Å². The second-order valence-corrected chi connectivity index (χ2v) is 13.9. The molecule has 0 aliphatic heterocycles. The van der Waals surface area contributed by atoms with Crippen LogP contribution >= 0.6 is 11.6 Å². The van der Waals surface area contributed by atoms with Crippen molar-refractivity contribution in [2.75, 3.05) is 5.32 Å². The Hall–Kier alpha value is -4.29. The van der Waals surface area contributed by atoms with Crippen LogP contribution in [0.15, 0.2) is 61.3 Å². The molecule has 0 radical (unpaired) electrons. The lowest BCUT2D eigenvalue weighted by Crippen LogP contribution is -2.16. The molecule has 0 aliphatic rings. The van der Waals surface area contributed by atoms with Gasteiger partial charge < -0.3 is 15.7 Å². The van der Waals surface area contributed by atoms with Gasteiger partial charge in [-0.3, -0.25) is 18.5 Å². The van der Waals surface area contributed by atoms with Crippen molar-refractivity contribution in [1.29, 1.82) is 0 Å². The van der Waals surface area contributed by atoms with E-state index in [0.717, 1.165) is 31.2 Å². The van der Waals surface area contributed by atoms with Gasteiger partial charge in [0.1, 0.15) is 31.1 Å². The Bertz CT molecular complexity index is 2330. The first-order valence-electron chi connectivity index (χ1n) is 12.3. The van der Waals surface area contributed by atoms with Crippen LogP contribution in [0.3, 0.4) is 0 Å². The zero-order valence-electron chi connectivity index (χ0n) is 23.2. The number of rotatable bonds is 10. The van der Waals surface area contributed by atoms with Gasteiger partial charge in [-0.05, 0) is 35.9 Å². The molecule has 4 aromatic rings. The lowest BCUT2D eigenvalue weighted by atomic mass is 10.1. The second kappa shape index (κ2) is 13.1. The van der Waals surface area contributed by atoms with Crippen molar-refractivity contribution >= 4 is 75.7 Å². The highest BCUT2D eigenvalue weighted by atomic mass is 35.5. The average Bonchev–Trinajstić information content (AvgIpc) is 2.92. The standard InChI is InChI=1S/C24H19ClF2N6O11S3/c1-10(34)29-13-3-5-16(45(36,37)38)12-7-18(47(42,43)44)21(22(35)19(12)13)33-32-14-6-11(2-4-17(14)46(39,40)41)8-28-9-15-20(25)23(26)31-24(27)30-15/h2-7,28,35H,8-9H2,1H3,(H,29,34)(H,36,37,38)(H,39,40,41)(H,42,43,44). The van der Waals surface area contributed by atoms with Crippen LogP contribution < -0.4 is 10.6 Å². The molecule has 0 atom stereocenters. The van der Waals surface area contributed by atoms with E-state index >= 15 is 0 Å². The largest absolute Gasteiger partial charge is 0.505 e. The van der Waals surface area contributed by atoms with Crippen molar-refractivity contribution in [3.8, 4) is 5.75 Å². The maximum Gasteiger partial charge on any atom is 0.311 e. The zero-order chi connectivity index (χ0) is 35.1. The molecule has 0 saturated heterocycles. The minimum atomic E-state index is -5.37. The van der Waals surface area contributed by atoms with Crippen molar-refractivity contribution in [2.45, 2.75) is 34.7 Å².